The first-order chi connectivity index (χ1) is 13.8. The Balaban J connectivity index is 1.58. The fraction of sp³-hybridized carbons (Fsp3) is 0.238. The molecule has 8 heteroatoms. The molecule has 4 rings (SSSR count). The van der Waals surface area contributed by atoms with E-state index in [0.717, 1.165) is 29.8 Å². The fourth-order valence-corrected chi connectivity index (χ4v) is 3.72. The molecule has 1 saturated carbocycles. The number of nitrogens with two attached hydrogens (primary N) is 1. The van der Waals surface area contributed by atoms with Gasteiger partial charge in [0.05, 0.1) is 22.3 Å². The van der Waals surface area contributed by atoms with Crippen molar-refractivity contribution >= 4 is 15.9 Å². The number of carbonyl (C=O) groups is 1. The van der Waals surface area contributed by atoms with E-state index in [4.69, 9.17) is 5.14 Å². The van der Waals surface area contributed by atoms with E-state index >= 15 is 0 Å². The van der Waals surface area contributed by atoms with Gasteiger partial charge >= 0.3 is 0 Å². The summed E-state index contributed by atoms with van der Waals surface area (Å²) in [7, 11) is -3.75. The van der Waals surface area contributed by atoms with Gasteiger partial charge in [-0.05, 0) is 55.7 Å². The topological polar surface area (TPSA) is 107 Å². The van der Waals surface area contributed by atoms with Gasteiger partial charge in [-0.3, -0.25) is 4.79 Å². The largest absolute Gasteiger partial charge is 0.344 e. The highest BCUT2D eigenvalue weighted by molar-refractivity contribution is 7.89. The molecule has 2 aromatic carbocycles. The summed E-state index contributed by atoms with van der Waals surface area (Å²) in [6.45, 7) is 1.84. The lowest BCUT2D eigenvalue weighted by molar-refractivity contribution is 0.0932. The quantitative estimate of drug-likeness (QED) is 0.651. The Labute approximate surface area is 169 Å². The van der Waals surface area contributed by atoms with Crippen LogP contribution in [0.4, 0.5) is 0 Å². The minimum Gasteiger partial charge on any atom is -0.344 e. The Kier molecular flexibility index (Phi) is 4.97. The van der Waals surface area contributed by atoms with Crippen molar-refractivity contribution in [3.63, 3.8) is 0 Å². The maximum Gasteiger partial charge on any atom is 0.270 e. The van der Waals surface area contributed by atoms with Gasteiger partial charge in [-0.15, -0.1) is 0 Å². The number of sulfonamides is 1. The summed E-state index contributed by atoms with van der Waals surface area (Å²) in [5.41, 5.74) is 3.02. The second-order valence-corrected chi connectivity index (χ2v) is 8.85. The highest BCUT2D eigenvalue weighted by atomic mass is 32.2. The van der Waals surface area contributed by atoms with Crippen LogP contribution in [-0.2, 0) is 10.0 Å². The molecule has 3 aromatic rings. The average Bonchev–Trinajstić information content (AvgIpc) is 3.46. The lowest BCUT2D eigenvalue weighted by Crippen LogP contribution is -2.28. The van der Waals surface area contributed by atoms with E-state index in [-0.39, 0.29) is 16.8 Å². The molecule has 1 aromatic heterocycles. The molecule has 0 saturated heterocycles. The SMILES string of the molecule is C[C@H](NC(=O)c1cc(C2CC2)nn1-c1ccccc1)c1ccc(S(N)(=O)=O)cc1. The molecule has 1 aliphatic carbocycles. The van der Waals surface area contributed by atoms with Gasteiger partial charge in [-0.2, -0.15) is 5.10 Å². The van der Waals surface area contributed by atoms with Crippen LogP contribution in [0.25, 0.3) is 5.69 Å². The first-order valence-electron chi connectivity index (χ1n) is 9.42. The van der Waals surface area contributed by atoms with Gasteiger partial charge in [0.15, 0.2) is 0 Å². The van der Waals surface area contributed by atoms with Crippen molar-refractivity contribution in [1.82, 2.24) is 15.1 Å². The van der Waals surface area contributed by atoms with Crippen LogP contribution in [0.2, 0.25) is 0 Å². The summed E-state index contributed by atoms with van der Waals surface area (Å²) in [6.07, 6.45) is 2.19. The molecule has 1 heterocycles. The van der Waals surface area contributed by atoms with Gasteiger partial charge in [0.1, 0.15) is 5.69 Å². The lowest BCUT2D eigenvalue weighted by atomic mass is 10.1. The van der Waals surface area contributed by atoms with E-state index in [0.29, 0.717) is 11.6 Å². The van der Waals surface area contributed by atoms with Crippen molar-refractivity contribution in [2.24, 2.45) is 5.14 Å². The summed E-state index contributed by atoms with van der Waals surface area (Å²) < 4.78 is 24.5. The zero-order chi connectivity index (χ0) is 20.6. The third-order valence-corrected chi connectivity index (χ3v) is 5.94. The van der Waals surface area contributed by atoms with Gasteiger partial charge in [0, 0.05) is 5.92 Å². The number of primary sulfonamides is 1. The van der Waals surface area contributed by atoms with Crippen LogP contribution < -0.4 is 10.5 Å². The summed E-state index contributed by atoms with van der Waals surface area (Å²) in [6, 6.07) is 17.3. The standard InChI is InChI=1S/C21H22N4O3S/c1-14(15-9-11-18(12-10-15)29(22,27)28)23-21(26)20-13-19(16-7-8-16)24-25(20)17-5-3-2-4-6-17/h2-6,9-14,16H,7-8H2,1H3,(H,23,26)(H2,22,27,28)/t14-/m0/s1. The van der Waals surface area contributed by atoms with E-state index in [1.54, 1.807) is 16.8 Å². The smallest absolute Gasteiger partial charge is 0.270 e. The molecule has 7 nitrogen and oxygen atoms in total. The summed E-state index contributed by atoms with van der Waals surface area (Å²) >= 11 is 0. The molecule has 0 aliphatic heterocycles. The highest BCUT2D eigenvalue weighted by Crippen LogP contribution is 2.39. The van der Waals surface area contributed by atoms with E-state index in [9.17, 15) is 13.2 Å². The minimum atomic E-state index is -3.75. The minimum absolute atomic E-state index is 0.0380. The number of para-hydroxylation sites is 1. The number of nitrogens with one attached hydrogen (secondary N) is 1. The van der Waals surface area contributed by atoms with Gasteiger partial charge in [-0.1, -0.05) is 30.3 Å². The lowest BCUT2D eigenvalue weighted by Gasteiger charge is -2.15. The highest BCUT2D eigenvalue weighted by Gasteiger charge is 2.29. The second-order valence-electron chi connectivity index (χ2n) is 7.29. The van der Waals surface area contributed by atoms with Crippen LogP contribution in [-0.4, -0.2) is 24.1 Å². The summed E-state index contributed by atoms with van der Waals surface area (Å²) in [5, 5.41) is 12.8. The van der Waals surface area contributed by atoms with Gasteiger partial charge in [0.25, 0.3) is 5.91 Å². The number of benzene rings is 2. The van der Waals surface area contributed by atoms with Gasteiger partial charge < -0.3 is 5.32 Å². The average molecular weight is 410 g/mol. The third kappa shape index (κ3) is 4.23. The second kappa shape index (κ2) is 7.46. The predicted octanol–water partition coefficient (Wildman–Crippen LogP) is 2.89. The number of aromatic nitrogens is 2. The predicted molar refractivity (Wildman–Crippen MR) is 109 cm³/mol. The van der Waals surface area contributed by atoms with Crippen LogP contribution in [0.3, 0.4) is 0 Å². The molecule has 1 aliphatic rings. The normalized spacial score (nSPS) is 15.1. The zero-order valence-electron chi connectivity index (χ0n) is 15.9. The fourth-order valence-electron chi connectivity index (χ4n) is 3.21. The monoisotopic (exact) mass is 410 g/mol. The molecule has 0 radical (unpaired) electrons. The summed E-state index contributed by atoms with van der Waals surface area (Å²) in [5.74, 6) is 0.186. The van der Waals surface area contributed by atoms with Crippen molar-refractivity contribution in [2.45, 2.75) is 36.6 Å². The Morgan fingerprint density at radius 2 is 1.79 bits per heavy atom. The van der Waals surface area contributed by atoms with Crippen molar-refractivity contribution in [3.8, 4) is 5.69 Å². The molecule has 3 N–H and O–H groups in total. The van der Waals surface area contributed by atoms with Crippen LogP contribution in [0.15, 0.2) is 65.6 Å². The number of rotatable bonds is 6. The van der Waals surface area contributed by atoms with Crippen LogP contribution in [0, 0.1) is 0 Å². The Morgan fingerprint density at radius 1 is 1.14 bits per heavy atom. The van der Waals surface area contributed by atoms with Crippen molar-refractivity contribution in [3.05, 3.63) is 77.6 Å². The van der Waals surface area contributed by atoms with Crippen LogP contribution >= 0.6 is 0 Å². The Bertz CT molecular complexity index is 1130. The Morgan fingerprint density at radius 3 is 2.38 bits per heavy atom. The maximum absolute atomic E-state index is 13.0. The van der Waals surface area contributed by atoms with E-state index < -0.39 is 10.0 Å². The number of hydrogen-bond acceptors (Lipinski definition) is 4. The van der Waals surface area contributed by atoms with E-state index in [1.807, 2.05) is 43.3 Å². The molecule has 150 valence electrons. The molecule has 1 amide bonds. The third-order valence-electron chi connectivity index (χ3n) is 5.01. The maximum atomic E-state index is 13.0. The number of nitrogens with zero attached hydrogens (tertiary/aromatic N) is 2. The summed E-state index contributed by atoms with van der Waals surface area (Å²) in [4.78, 5) is 13.1. The molecular formula is C21H22N4O3S. The van der Waals surface area contributed by atoms with Crippen LogP contribution in [0.1, 0.15) is 53.5 Å². The van der Waals surface area contributed by atoms with E-state index in [2.05, 4.69) is 10.4 Å². The molecule has 0 spiro atoms. The molecule has 1 atom stereocenters. The molecule has 29 heavy (non-hydrogen) atoms. The van der Waals surface area contributed by atoms with Gasteiger partial charge in [0.2, 0.25) is 10.0 Å². The van der Waals surface area contributed by atoms with Crippen LogP contribution in [0.5, 0.6) is 0 Å². The first kappa shape index (κ1) is 19.4. The number of carbonyl (C=O) groups excluding carboxylic acids is 1. The zero-order valence-corrected chi connectivity index (χ0v) is 16.8. The van der Waals surface area contributed by atoms with Crippen molar-refractivity contribution in [2.75, 3.05) is 0 Å². The van der Waals surface area contributed by atoms with Crippen molar-refractivity contribution < 1.29 is 13.2 Å². The number of amides is 1. The molecule has 1 fully saturated rings. The molecular weight excluding hydrogens is 388 g/mol. The Hall–Kier alpha value is -2.97. The first-order valence-corrected chi connectivity index (χ1v) is 11.0. The number of hydrogen-bond donors (Lipinski definition) is 2. The molecule has 0 unspecified atom stereocenters. The molecule has 0 bridgehead atoms. The van der Waals surface area contributed by atoms with Crippen molar-refractivity contribution in [1.29, 1.82) is 0 Å². The van der Waals surface area contributed by atoms with E-state index in [1.165, 1.54) is 12.1 Å². The van der Waals surface area contributed by atoms with Gasteiger partial charge in [-0.25, -0.2) is 18.2 Å².